The summed E-state index contributed by atoms with van der Waals surface area (Å²) in [5.41, 5.74) is 2.27. The van der Waals surface area contributed by atoms with Gasteiger partial charge in [-0.05, 0) is 23.5 Å². The minimum Gasteiger partial charge on any atom is -0.461 e. The lowest BCUT2D eigenvalue weighted by Gasteiger charge is -2.04. The zero-order valence-corrected chi connectivity index (χ0v) is 10.7. The third-order valence-electron chi connectivity index (χ3n) is 3.54. The van der Waals surface area contributed by atoms with E-state index in [0.29, 0.717) is 12.5 Å². The van der Waals surface area contributed by atoms with Crippen molar-refractivity contribution in [2.45, 2.75) is 18.9 Å². The van der Waals surface area contributed by atoms with Crippen molar-refractivity contribution in [3.63, 3.8) is 0 Å². The fourth-order valence-electron chi connectivity index (χ4n) is 2.36. The molecule has 2 atom stereocenters. The largest absolute Gasteiger partial charge is 0.461 e. The summed E-state index contributed by atoms with van der Waals surface area (Å²) < 4.78 is 5.36. The molecule has 0 amide bonds. The van der Waals surface area contributed by atoms with Gasteiger partial charge in [0.05, 0.1) is 5.92 Å². The number of hydrogen-bond donors (Lipinski definition) is 0. The first-order valence-electron chi connectivity index (χ1n) is 6.60. The molecule has 0 unspecified atom stereocenters. The van der Waals surface area contributed by atoms with Crippen LogP contribution in [0.5, 0.6) is 0 Å². The molecule has 0 aliphatic heterocycles. The average Bonchev–Trinajstić information content (AvgIpc) is 3.27. The number of benzene rings is 2. The summed E-state index contributed by atoms with van der Waals surface area (Å²) in [7, 11) is 0. The molecule has 0 spiro atoms. The lowest BCUT2D eigenvalue weighted by molar-refractivity contribution is -0.146. The van der Waals surface area contributed by atoms with E-state index >= 15 is 0 Å². The Bertz CT molecular complexity index is 548. The van der Waals surface area contributed by atoms with Gasteiger partial charge in [0.15, 0.2) is 0 Å². The molecule has 0 bridgehead atoms. The van der Waals surface area contributed by atoms with Crippen LogP contribution in [0, 0.1) is 5.92 Å². The summed E-state index contributed by atoms with van der Waals surface area (Å²) in [6.07, 6.45) is 0.914. The Balaban J connectivity index is 1.53. The molecule has 0 radical (unpaired) electrons. The molecule has 1 aliphatic rings. The van der Waals surface area contributed by atoms with Crippen LogP contribution in [-0.4, -0.2) is 5.97 Å². The van der Waals surface area contributed by atoms with Crippen LogP contribution in [0.25, 0.3) is 0 Å². The van der Waals surface area contributed by atoms with Crippen molar-refractivity contribution in [1.82, 2.24) is 0 Å². The Kier molecular flexibility index (Phi) is 3.32. The Hall–Kier alpha value is -2.09. The van der Waals surface area contributed by atoms with E-state index in [4.69, 9.17) is 4.74 Å². The fourth-order valence-corrected chi connectivity index (χ4v) is 2.36. The number of carbonyl (C=O) groups is 1. The maximum Gasteiger partial charge on any atom is 0.309 e. The van der Waals surface area contributed by atoms with Gasteiger partial charge in [-0.15, -0.1) is 0 Å². The van der Waals surface area contributed by atoms with Gasteiger partial charge in [-0.3, -0.25) is 4.79 Å². The third-order valence-corrected chi connectivity index (χ3v) is 3.54. The van der Waals surface area contributed by atoms with Gasteiger partial charge >= 0.3 is 5.97 Å². The van der Waals surface area contributed by atoms with E-state index < -0.39 is 0 Å². The van der Waals surface area contributed by atoms with Crippen molar-refractivity contribution in [2.75, 3.05) is 0 Å². The Morgan fingerprint density at radius 3 is 2.32 bits per heavy atom. The standard InChI is InChI=1S/C17H16O2/c18-17(19-12-13-7-3-1-4-8-13)16-11-15(16)14-9-5-2-6-10-14/h1-10,15-16H,11-12H2/t15-,16+/m0/s1. The van der Waals surface area contributed by atoms with Crippen LogP contribution < -0.4 is 0 Å². The van der Waals surface area contributed by atoms with Gasteiger partial charge in [-0.25, -0.2) is 0 Å². The van der Waals surface area contributed by atoms with E-state index in [0.717, 1.165) is 12.0 Å². The molecule has 1 fully saturated rings. The van der Waals surface area contributed by atoms with Crippen LogP contribution in [0.2, 0.25) is 0 Å². The molecule has 96 valence electrons. The van der Waals surface area contributed by atoms with Crippen LogP contribution in [0.3, 0.4) is 0 Å². The van der Waals surface area contributed by atoms with E-state index in [-0.39, 0.29) is 11.9 Å². The predicted octanol–water partition coefficient (Wildman–Crippen LogP) is 3.53. The quantitative estimate of drug-likeness (QED) is 0.778. The van der Waals surface area contributed by atoms with Crippen LogP contribution in [0.15, 0.2) is 60.7 Å². The number of ether oxygens (including phenoxy) is 1. The van der Waals surface area contributed by atoms with Gasteiger partial charge in [0, 0.05) is 0 Å². The monoisotopic (exact) mass is 252 g/mol. The second-order valence-electron chi connectivity index (χ2n) is 4.95. The lowest BCUT2D eigenvalue weighted by atomic mass is 10.1. The van der Waals surface area contributed by atoms with Crippen molar-refractivity contribution in [2.24, 2.45) is 5.92 Å². The number of carbonyl (C=O) groups excluding carboxylic acids is 1. The minimum atomic E-state index is -0.0716. The Labute approximate surface area is 113 Å². The molecule has 1 aliphatic carbocycles. The fraction of sp³-hybridized carbons (Fsp3) is 0.235. The summed E-state index contributed by atoms with van der Waals surface area (Å²) >= 11 is 0. The molecule has 2 aromatic rings. The summed E-state index contributed by atoms with van der Waals surface area (Å²) in [5, 5.41) is 0. The highest BCUT2D eigenvalue weighted by atomic mass is 16.5. The first-order valence-corrected chi connectivity index (χ1v) is 6.60. The lowest BCUT2D eigenvalue weighted by Crippen LogP contribution is -2.07. The number of esters is 1. The predicted molar refractivity (Wildman–Crippen MR) is 73.5 cm³/mol. The van der Waals surface area contributed by atoms with Crippen LogP contribution >= 0.6 is 0 Å². The van der Waals surface area contributed by atoms with Crippen molar-refractivity contribution in [1.29, 1.82) is 0 Å². The SMILES string of the molecule is O=C(OCc1ccccc1)[C@@H]1C[C@H]1c1ccccc1. The van der Waals surface area contributed by atoms with E-state index in [1.54, 1.807) is 0 Å². The van der Waals surface area contributed by atoms with Crippen molar-refractivity contribution < 1.29 is 9.53 Å². The maximum atomic E-state index is 11.9. The van der Waals surface area contributed by atoms with Gasteiger partial charge in [-0.2, -0.15) is 0 Å². The van der Waals surface area contributed by atoms with Crippen molar-refractivity contribution >= 4 is 5.97 Å². The average molecular weight is 252 g/mol. The summed E-state index contributed by atoms with van der Waals surface area (Å²) in [6, 6.07) is 20.0. The highest BCUT2D eigenvalue weighted by molar-refractivity contribution is 5.77. The smallest absolute Gasteiger partial charge is 0.309 e. The highest BCUT2D eigenvalue weighted by Crippen LogP contribution is 2.48. The molecular weight excluding hydrogens is 236 g/mol. The Morgan fingerprint density at radius 1 is 1.00 bits per heavy atom. The third kappa shape index (κ3) is 2.84. The zero-order chi connectivity index (χ0) is 13.1. The molecular formula is C17H16O2. The number of rotatable bonds is 4. The van der Waals surface area contributed by atoms with E-state index in [2.05, 4.69) is 12.1 Å². The normalized spacial score (nSPS) is 20.8. The summed E-state index contributed by atoms with van der Waals surface area (Å²) in [5.74, 6) is 0.327. The van der Waals surface area contributed by atoms with Crippen molar-refractivity contribution in [3.8, 4) is 0 Å². The first kappa shape index (κ1) is 12.0. The highest BCUT2D eigenvalue weighted by Gasteiger charge is 2.45. The van der Waals surface area contributed by atoms with Gasteiger partial charge in [0.1, 0.15) is 6.61 Å². The molecule has 0 N–H and O–H groups in total. The van der Waals surface area contributed by atoms with Gasteiger partial charge in [0.25, 0.3) is 0 Å². The summed E-state index contributed by atoms with van der Waals surface area (Å²) in [4.78, 5) is 11.9. The van der Waals surface area contributed by atoms with Crippen LogP contribution in [-0.2, 0) is 16.1 Å². The number of hydrogen-bond acceptors (Lipinski definition) is 2. The van der Waals surface area contributed by atoms with Crippen LogP contribution in [0.1, 0.15) is 23.5 Å². The molecule has 19 heavy (non-hydrogen) atoms. The molecule has 2 heteroatoms. The molecule has 2 nitrogen and oxygen atoms in total. The van der Waals surface area contributed by atoms with E-state index in [1.807, 2.05) is 48.5 Å². The second-order valence-corrected chi connectivity index (χ2v) is 4.95. The van der Waals surface area contributed by atoms with Gasteiger partial charge < -0.3 is 4.74 Å². The van der Waals surface area contributed by atoms with Crippen molar-refractivity contribution in [3.05, 3.63) is 71.8 Å². The molecule has 1 saturated carbocycles. The summed E-state index contributed by atoms with van der Waals surface area (Å²) in [6.45, 7) is 0.373. The minimum absolute atomic E-state index is 0.0473. The van der Waals surface area contributed by atoms with Gasteiger partial charge in [0.2, 0.25) is 0 Å². The zero-order valence-electron chi connectivity index (χ0n) is 10.7. The molecule has 0 heterocycles. The topological polar surface area (TPSA) is 26.3 Å². The maximum absolute atomic E-state index is 11.9. The van der Waals surface area contributed by atoms with Crippen LogP contribution in [0.4, 0.5) is 0 Å². The molecule has 2 aromatic carbocycles. The van der Waals surface area contributed by atoms with E-state index in [1.165, 1.54) is 5.56 Å². The van der Waals surface area contributed by atoms with Gasteiger partial charge in [-0.1, -0.05) is 60.7 Å². The van der Waals surface area contributed by atoms with E-state index in [9.17, 15) is 4.79 Å². The molecule has 3 rings (SSSR count). The molecule has 0 aromatic heterocycles. The second kappa shape index (κ2) is 5.27. The first-order chi connectivity index (χ1) is 9.34. The molecule has 0 saturated heterocycles. The Morgan fingerprint density at radius 2 is 1.63 bits per heavy atom.